The standard InChI is InChI=1S/C13H18N2O4.ClH/c1-2-18-12(16)8-9-15(14)13(17)19-10-11-6-4-3-5-7-11;/h3-7H,2,8-10,14H2,1H3;1H. The second-order valence-electron chi connectivity index (χ2n) is 3.79. The van der Waals surface area contributed by atoms with Crippen LogP contribution in [0.15, 0.2) is 30.3 Å². The van der Waals surface area contributed by atoms with Crippen molar-refractivity contribution in [1.82, 2.24) is 5.01 Å². The molecule has 0 saturated heterocycles. The molecule has 112 valence electrons. The summed E-state index contributed by atoms with van der Waals surface area (Å²) < 4.78 is 9.72. The fourth-order valence-electron chi connectivity index (χ4n) is 1.34. The number of halogens is 1. The number of carbonyl (C=O) groups is 2. The fraction of sp³-hybridized carbons (Fsp3) is 0.385. The summed E-state index contributed by atoms with van der Waals surface area (Å²) >= 11 is 0. The number of amides is 1. The Morgan fingerprint density at radius 1 is 1.20 bits per heavy atom. The molecule has 0 atom stereocenters. The molecule has 0 aromatic heterocycles. The Morgan fingerprint density at radius 3 is 2.45 bits per heavy atom. The minimum Gasteiger partial charge on any atom is -0.466 e. The molecule has 1 aromatic carbocycles. The number of benzene rings is 1. The highest BCUT2D eigenvalue weighted by Gasteiger charge is 2.13. The van der Waals surface area contributed by atoms with Crippen molar-refractivity contribution >= 4 is 24.5 Å². The predicted octanol–water partition coefficient (Wildman–Crippen LogP) is 1.87. The third-order valence-corrected chi connectivity index (χ3v) is 2.30. The van der Waals surface area contributed by atoms with Crippen LogP contribution in [0.1, 0.15) is 18.9 Å². The van der Waals surface area contributed by atoms with Gasteiger partial charge in [-0.2, -0.15) is 0 Å². The van der Waals surface area contributed by atoms with E-state index in [9.17, 15) is 9.59 Å². The summed E-state index contributed by atoms with van der Waals surface area (Å²) in [6, 6.07) is 9.26. The number of ether oxygens (including phenoxy) is 2. The molecule has 0 aliphatic carbocycles. The van der Waals surface area contributed by atoms with Crippen LogP contribution in [-0.2, 0) is 20.9 Å². The lowest BCUT2D eigenvalue weighted by Crippen LogP contribution is -2.39. The molecule has 1 rings (SSSR count). The van der Waals surface area contributed by atoms with Gasteiger partial charge in [0.1, 0.15) is 6.61 Å². The Hall–Kier alpha value is -1.79. The van der Waals surface area contributed by atoms with Crippen molar-refractivity contribution in [1.29, 1.82) is 0 Å². The molecular formula is C13H19ClN2O4. The van der Waals surface area contributed by atoms with E-state index in [1.54, 1.807) is 6.92 Å². The monoisotopic (exact) mass is 302 g/mol. The van der Waals surface area contributed by atoms with Crippen LogP contribution in [0, 0.1) is 0 Å². The second-order valence-corrected chi connectivity index (χ2v) is 3.79. The number of hydrazine groups is 1. The Bertz CT molecular complexity index is 414. The maximum atomic E-state index is 11.5. The van der Waals surface area contributed by atoms with Crippen molar-refractivity contribution in [3.8, 4) is 0 Å². The highest BCUT2D eigenvalue weighted by Crippen LogP contribution is 2.02. The molecule has 0 spiro atoms. The van der Waals surface area contributed by atoms with Crippen molar-refractivity contribution in [3.05, 3.63) is 35.9 Å². The summed E-state index contributed by atoms with van der Waals surface area (Å²) in [7, 11) is 0. The number of hydrogen-bond acceptors (Lipinski definition) is 5. The van der Waals surface area contributed by atoms with Gasteiger partial charge in [0.05, 0.1) is 19.6 Å². The third-order valence-electron chi connectivity index (χ3n) is 2.30. The first-order valence-electron chi connectivity index (χ1n) is 6.02. The predicted molar refractivity (Wildman–Crippen MR) is 76.0 cm³/mol. The molecule has 6 nitrogen and oxygen atoms in total. The molecule has 7 heteroatoms. The topological polar surface area (TPSA) is 81.9 Å². The van der Waals surface area contributed by atoms with Gasteiger partial charge >= 0.3 is 12.1 Å². The van der Waals surface area contributed by atoms with E-state index in [2.05, 4.69) is 0 Å². The molecule has 0 aliphatic heterocycles. The van der Waals surface area contributed by atoms with E-state index >= 15 is 0 Å². The van der Waals surface area contributed by atoms with Crippen molar-refractivity contribution in [2.24, 2.45) is 5.84 Å². The summed E-state index contributed by atoms with van der Waals surface area (Å²) in [4.78, 5) is 22.6. The van der Waals surface area contributed by atoms with Gasteiger partial charge in [0, 0.05) is 0 Å². The summed E-state index contributed by atoms with van der Waals surface area (Å²) in [5, 5.41) is 0.861. The molecule has 1 aromatic rings. The molecule has 0 aliphatic rings. The Morgan fingerprint density at radius 2 is 1.85 bits per heavy atom. The second kappa shape index (κ2) is 10.1. The zero-order chi connectivity index (χ0) is 14.1. The van der Waals surface area contributed by atoms with Gasteiger partial charge in [0.2, 0.25) is 0 Å². The van der Waals surface area contributed by atoms with Crippen LogP contribution < -0.4 is 5.84 Å². The highest BCUT2D eigenvalue weighted by molar-refractivity contribution is 5.85. The van der Waals surface area contributed by atoms with Gasteiger partial charge in [-0.1, -0.05) is 30.3 Å². The Balaban J connectivity index is 0.00000361. The van der Waals surface area contributed by atoms with E-state index in [1.807, 2.05) is 30.3 Å². The lowest BCUT2D eigenvalue weighted by Gasteiger charge is -2.15. The summed E-state index contributed by atoms with van der Waals surface area (Å²) in [6.07, 6.45) is -0.627. The van der Waals surface area contributed by atoms with Gasteiger partial charge in [-0.3, -0.25) is 4.79 Å². The van der Waals surface area contributed by atoms with Crippen LogP contribution in [0.4, 0.5) is 4.79 Å². The molecule has 0 unspecified atom stereocenters. The number of nitrogens with two attached hydrogens (primary N) is 1. The SMILES string of the molecule is CCOC(=O)CCN(N)C(=O)OCc1ccccc1.Cl. The van der Waals surface area contributed by atoms with Gasteiger partial charge in [-0.05, 0) is 12.5 Å². The van der Waals surface area contributed by atoms with Gasteiger partial charge in [-0.15, -0.1) is 12.4 Å². The molecular weight excluding hydrogens is 284 g/mol. The van der Waals surface area contributed by atoms with Crippen molar-refractivity contribution in [3.63, 3.8) is 0 Å². The maximum absolute atomic E-state index is 11.5. The lowest BCUT2D eigenvalue weighted by atomic mass is 10.2. The van der Waals surface area contributed by atoms with Crippen LogP contribution in [0.25, 0.3) is 0 Å². The average molecular weight is 303 g/mol. The van der Waals surface area contributed by atoms with Gasteiger partial charge < -0.3 is 9.47 Å². The lowest BCUT2D eigenvalue weighted by molar-refractivity contribution is -0.143. The van der Waals surface area contributed by atoms with Crippen LogP contribution >= 0.6 is 12.4 Å². The van der Waals surface area contributed by atoms with E-state index < -0.39 is 12.1 Å². The molecule has 0 heterocycles. The minimum atomic E-state index is -0.673. The van der Waals surface area contributed by atoms with Crippen LogP contribution in [0.3, 0.4) is 0 Å². The Labute approximate surface area is 124 Å². The molecule has 0 radical (unpaired) electrons. The first-order chi connectivity index (χ1) is 9.13. The first-order valence-corrected chi connectivity index (χ1v) is 6.02. The van der Waals surface area contributed by atoms with E-state index in [-0.39, 0.29) is 32.0 Å². The highest BCUT2D eigenvalue weighted by atomic mass is 35.5. The molecule has 0 saturated carbocycles. The van der Waals surface area contributed by atoms with Gasteiger partial charge in [-0.25, -0.2) is 15.6 Å². The zero-order valence-electron chi connectivity index (χ0n) is 11.3. The molecule has 0 bridgehead atoms. The first kappa shape index (κ1) is 18.2. The van der Waals surface area contributed by atoms with Crippen molar-refractivity contribution in [2.75, 3.05) is 13.2 Å². The van der Waals surface area contributed by atoms with Crippen LogP contribution in [0.5, 0.6) is 0 Å². The number of nitrogens with zero attached hydrogens (tertiary/aromatic N) is 1. The maximum Gasteiger partial charge on any atom is 0.424 e. The molecule has 1 amide bonds. The summed E-state index contributed by atoms with van der Waals surface area (Å²) in [5.74, 6) is 5.08. The summed E-state index contributed by atoms with van der Waals surface area (Å²) in [6.45, 7) is 2.23. The normalized spacial score (nSPS) is 9.30. The smallest absolute Gasteiger partial charge is 0.424 e. The molecule has 2 N–H and O–H groups in total. The van der Waals surface area contributed by atoms with Crippen molar-refractivity contribution < 1.29 is 19.1 Å². The number of rotatable bonds is 6. The van der Waals surface area contributed by atoms with E-state index in [0.717, 1.165) is 10.6 Å². The molecule has 0 fully saturated rings. The van der Waals surface area contributed by atoms with Gasteiger partial charge in [0.15, 0.2) is 0 Å². The van der Waals surface area contributed by atoms with E-state index in [1.165, 1.54) is 0 Å². The summed E-state index contributed by atoms with van der Waals surface area (Å²) in [5.41, 5.74) is 0.870. The third kappa shape index (κ3) is 6.96. The zero-order valence-corrected chi connectivity index (χ0v) is 12.1. The Kier molecular flexibility index (Phi) is 9.15. The van der Waals surface area contributed by atoms with Crippen molar-refractivity contribution in [2.45, 2.75) is 20.0 Å². The number of carbonyl (C=O) groups excluding carboxylic acids is 2. The largest absolute Gasteiger partial charge is 0.466 e. The quantitative estimate of drug-likeness (QED) is 0.375. The van der Waals surface area contributed by atoms with E-state index in [0.29, 0.717) is 6.61 Å². The van der Waals surface area contributed by atoms with E-state index in [4.69, 9.17) is 15.3 Å². The van der Waals surface area contributed by atoms with Crippen LogP contribution in [-0.4, -0.2) is 30.2 Å². The van der Waals surface area contributed by atoms with Gasteiger partial charge in [0.25, 0.3) is 0 Å². The average Bonchev–Trinajstić information content (AvgIpc) is 2.43. The molecule has 20 heavy (non-hydrogen) atoms. The fourth-order valence-corrected chi connectivity index (χ4v) is 1.34. The minimum absolute atomic E-state index is 0. The number of hydrogen-bond donors (Lipinski definition) is 1. The van der Waals surface area contributed by atoms with Crippen LogP contribution in [0.2, 0.25) is 0 Å². The number of esters is 1.